The molecule has 1 aromatic heterocycles. The number of aromatic nitrogens is 1. The van der Waals surface area contributed by atoms with Crippen LogP contribution in [0.1, 0.15) is 5.56 Å². The first-order chi connectivity index (χ1) is 11.1. The predicted octanol–water partition coefficient (Wildman–Crippen LogP) is 5.01. The smallest absolute Gasteiger partial charge is 0.230 e. The number of fused-ring (bicyclic) bond motifs is 1. The van der Waals surface area contributed by atoms with E-state index in [1.54, 1.807) is 23.5 Å². The molecule has 0 unspecified atom stereocenters. The van der Waals surface area contributed by atoms with E-state index in [4.69, 9.17) is 23.2 Å². The van der Waals surface area contributed by atoms with Crippen LogP contribution in [-0.4, -0.2) is 16.6 Å². The molecule has 7 heteroatoms. The summed E-state index contributed by atoms with van der Waals surface area (Å²) >= 11 is 15.0. The minimum absolute atomic E-state index is 0.0553. The average Bonchev–Trinajstić information content (AvgIpc) is 2.95. The first-order valence-electron chi connectivity index (χ1n) is 6.81. The van der Waals surface area contributed by atoms with Crippen LogP contribution in [0.15, 0.2) is 46.8 Å². The molecule has 3 rings (SSSR count). The van der Waals surface area contributed by atoms with Gasteiger partial charge in [-0.3, -0.25) is 4.79 Å². The van der Waals surface area contributed by atoms with Gasteiger partial charge in [-0.1, -0.05) is 53.2 Å². The normalized spacial score (nSPS) is 10.9. The molecule has 23 heavy (non-hydrogen) atoms. The highest BCUT2D eigenvalue weighted by Crippen LogP contribution is 2.29. The van der Waals surface area contributed by atoms with Gasteiger partial charge in [0.05, 0.1) is 16.0 Å². The highest BCUT2D eigenvalue weighted by Gasteiger charge is 2.08. The van der Waals surface area contributed by atoms with E-state index in [-0.39, 0.29) is 5.91 Å². The molecule has 0 saturated heterocycles. The third-order valence-corrected chi connectivity index (χ3v) is 5.86. The molecule has 3 nitrogen and oxygen atoms in total. The van der Waals surface area contributed by atoms with Crippen molar-refractivity contribution < 1.29 is 4.79 Å². The Labute approximate surface area is 152 Å². The van der Waals surface area contributed by atoms with Crippen molar-refractivity contribution in [2.75, 3.05) is 5.75 Å². The number of halogens is 2. The first kappa shape index (κ1) is 16.6. The van der Waals surface area contributed by atoms with E-state index < -0.39 is 0 Å². The molecule has 1 amide bonds. The molecule has 0 radical (unpaired) electrons. The zero-order valence-electron chi connectivity index (χ0n) is 11.9. The third kappa shape index (κ3) is 4.38. The molecular formula is C16H12Cl2N2OS2. The fourth-order valence-electron chi connectivity index (χ4n) is 1.95. The van der Waals surface area contributed by atoms with E-state index in [9.17, 15) is 4.79 Å². The molecule has 0 aliphatic heterocycles. The van der Waals surface area contributed by atoms with Crippen molar-refractivity contribution in [1.29, 1.82) is 0 Å². The lowest BCUT2D eigenvalue weighted by Gasteiger charge is -2.06. The number of nitrogens with one attached hydrogen (secondary N) is 1. The summed E-state index contributed by atoms with van der Waals surface area (Å²) in [5.74, 6) is 0.269. The van der Waals surface area contributed by atoms with Crippen LogP contribution in [0.5, 0.6) is 0 Å². The number of thiazole rings is 1. The lowest BCUT2D eigenvalue weighted by Crippen LogP contribution is -2.24. The summed E-state index contributed by atoms with van der Waals surface area (Å²) in [5, 5.41) is 3.99. The molecule has 0 aliphatic rings. The SMILES string of the molecule is O=C(CSc1nc2ccccc2s1)NCc1ccc(Cl)cc1Cl. The topological polar surface area (TPSA) is 42.0 Å². The van der Waals surface area contributed by atoms with Crippen molar-refractivity contribution in [2.45, 2.75) is 10.9 Å². The fourth-order valence-corrected chi connectivity index (χ4v) is 4.32. The second kappa shape index (κ2) is 7.53. The number of amides is 1. The number of thioether (sulfide) groups is 1. The molecule has 0 bridgehead atoms. The highest BCUT2D eigenvalue weighted by atomic mass is 35.5. The predicted molar refractivity (Wildman–Crippen MR) is 98.7 cm³/mol. The Morgan fingerprint density at radius 3 is 2.83 bits per heavy atom. The molecule has 0 atom stereocenters. The van der Waals surface area contributed by atoms with E-state index in [0.29, 0.717) is 22.3 Å². The van der Waals surface area contributed by atoms with Gasteiger partial charge < -0.3 is 5.32 Å². The van der Waals surface area contributed by atoms with Gasteiger partial charge in [0.2, 0.25) is 5.91 Å². The van der Waals surface area contributed by atoms with E-state index in [0.717, 1.165) is 20.1 Å². The van der Waals surface area contributed by atoms with Crippen LogP contribution in [0.3, 0.4) is 0 Å². The molecule has 0 fully saturated rings. The van der Waals surface area contributed by atoms with Gasteiger partial charge in [0.1, 0.15) is 0 Å². The first-order valence-corrected chi connectivity index (χ1v) is 9.36. The minimum Gasteiger partial charge on any atom is -0.351 e. The molecule has 1 heterocycles. The highest BCUT2D eigenvalue weighted by molar-refractivity contribution is 8.01. The lowest BCUT2D eigenvalue weighted by molar-refractivity contribution is -0.118. The van der Waals surface area contributed by atoms with Crippen LogP contribution >= 0.6 is 46.3 Å². The number of carbonyl (C=O) groups excluding carboxylic acids is 1. The number of hydrogen-bond donors (Lipinski definition) is 1. The Morgan fingerprint density at radius 2 is 2.04 bits per heavy atom. The van der Waals surface area contributed by atoms with Gasteiger partial charge in [0.15, 0.2) is 4.34 Å². The van der Waals surface area contributed by atoms with Gasteiger partial charge in [-0.05, 0) is 29.8 Å². The monoisotopic (exact) mass is 382 g/mol. The largest absolute Gasteiger partial charge is 0.351 e. The van der Waals surface area contributed by atoms with Crippen LogP contribution in [0, 0.1) is 0 Å². The summed E-state index contributed by atoms with van der Waals surface area (Å²) in [4.78, 5) is 16.5. The van der Waals surface area contributed by atoms with Gasteiger partial charge in [0.25, 0.3) is 0 Å². The van der Waals surface area contributed by atoms with Crippen molar-refractivity contribution in [2.24, 2.45) is 0 Å². The van der Waals surface area contributed by atoms with Crippen molar-refractivity contribution in [3.05, 3.63) is 58.1 Å². The third-order valence-electron chi connectivity index (χ3n) is 3.09. The Hall–Kier alpha value is -1.27. The van der Waals surface area contributed by atoms with Crippen molar-refractivity contribution in [1.82, 2.24) is 10.3 Å². The van der Waals surface area contributed by atoms with Gasteiger partial charge in [-0.25, -0.2) is 4.98 Å². The van der Waals surface area contributed by atoms with Crippen LogP contribution in [0.4, 0.5) is 0 Å². The Kier molecular flexibility index (Phi) is 5.43. The molecule has 0 spiro atoms. The molecule has 0 aliphatic carbocycles. The van der Waals surface area contributed by atoms with Crippen LogP contribution in [0.25, 0.3) is 10.2 Å². The quantitative estimate of drug-likeness (QED) is 0.630. The van der Waals surface area contributed by atoms with Gasteiger partial charge in [-0.15, -0.1) is 11.3 Å². The fraction of sp³-hybridized carbons (Fsp3) is 0.125. The maximum atomic E-state index is 12.0. The molecule has 2 aromatic carbocycles. The zero-order valence-corrected chi connectivity index (χ0v) is 15.0. The summed E-state index contributed by atoms with van der Waals surface area (Å²) in [6.07, 6.45) is 0. The minimum atomic E-state index is -0.0553. The number of hydrogen-bond acceptors (Lipinski definition) is 4. The Morgan fingerprint density at radius 1 is 1.22 bits per heavy atom. The number of carbonyl (C=O) groups is 1. The summed E-state index contributed by atoms with van der Waals surface area (Å²) in [7, 11) is 0. The maximum Gasteiger partial charge on any atom is 0.230 e. The van der Waals surface area contributed by atoms with Gasteiger partial charge in [0, 0.05) is 16.6 Å². The van der Waals surface area contributed by atoms with Gasteiger partial charge >= 0.3 is 0 Å². The van der Waals surface area contributed by atoms with E-state index in [1.165, 1.54) is 11.8 Å². The summed E-state index contributed by atoms with van der Waals surface area (Å²) in [5.41, 5.74) is 1.81. The van der Waals surface area contributed by atoms with E-state index >= 15 is 0 Å². The second-order valence-corrected chi connectivity index (χ2v) is 7.85. The van der Waals surface area contributed by atoms with Crippen molar-refractivity contribution >= 4 is 62.4 Å². The number of para-hydroxylation sites is 1. The number of benzene rings is 2. The second-order valence-electron chi connectivity index (χ2n) is 4.75. The Bertz CT molecular complexity index is 818. The molecular weight excluding hydrogens is 371 g/mol. The van der Waals surface area contributed by atoms with Crippen molar-refractivity contribution in [3.63, 3.8) is 0 Å². The lowest BCUT2D eigenvalue weighted by atomic mass is 10.2. The summed E-state index contributed by atoms with van der Waals surface area (Å²) < 4.78 is 2.02. The van der Waals surface area contributed by atoms with Crippen LogP contribution in [-0.2, 0) is 11.3 Å². The molecule has 3 aromatic rings. The van der Waals surface area contributed by atoms with Crippen molar-refractivity contribution in [3.8, 4) is 0 Å². The summed E-state index contributed by atoms with van der Waals surface area (Å²) in [6.45, 7) is 0.384. The zero-order chi connectivity index (χ0) is 16.2. The van der Waals surface area contributed by atoms with Crippen LogP contribution in [0.2, 0.25) is 10.0 Å². The Balaban J connectivity index is 1.53. The molecule has 0 saturated carbocycles. The molecule has 1 N–H and O–H groups in total. The standard InChI is InChI=1S/C16H12Cl2N2OS2/c17-11-6-5-10(12(18)7-11)8-19-15(21)9-22-16-20-13-3-1-2-4-14(13)23-16/h1-7H,8-9H2,(H,19,21). The summed E-state index contributed by atoms with van der Waals surface area (Å²) in [6, 6.07) is 13.2. The van der Waals surface area contributed by atoms with E-state index in [2.05, 4.69) is 10.3 Å². The maximum absolute atomic E-state index is 12.0. The number of rotatable bonds is 5. The number of nitrogens with zero attached hydrogens (tertiary/aromatic N) is 1. The van der Waals surface area contributed by atoms with E-state index in [1.807, 2.05) is 30.3 Å². The van der Waals surface area contributed by atoms with Crippen LogP contribution < -0.4 is 5.32 Å². The average molecular weight is 383 g/mol. The van der Waals surface area contributed by atoms with Gasteiger partial charge in [-0.2, -0.15) is 0 Å². The molecule has 118 valence electrons.